The predicted molar refractivity (Wildman–Crippen MR) is 60.7 cm³/mol. The van der Waals surface area contributed by atoms with Crippen molar-refractivity contribution in [2.75, 3.05) is 0 Å². The van der Waals surface area contributed by atoms with E-state index in [1.807, 2.05) is 18.2 Å². The molecule has 1 aromatic carbocycles. The zero-order valence-electron chi connectivity index (χ0n) is 8.13. The molecule has 0 atom stereocenters. The Balaban J connectivity index is 2.60. The molecular weight excluding hydrogens is 194 g/mol. The van der Waals surface area contributed by atoms with E-state index in [0.717, 1.165) is 23.9 Å². The molecule has 14 heavy (non-hydrogen) atoms. The molecule has 0 N–H and O–H groups in total. The van der Waals surface area contributed by atoms with Crippen molar-refractivity contribution in [3.05, 3.63) is 41.2 Å². The van der Waals surface area contributed by atoms with E-state index in [0.29, 0.717) is 5.15 Å². The van der Waals surface area contributed by atoms with Gasteiger partial charge in [-0.3, -0.25) is 0 Å². The molecule has 0 spiro atoms. The molecular formula is C12H12ClN. The van der Waals surface area contributed by atoms with Crippen LogP contribution in [-0.2, 0) is 6.42 Å². The second-order valence-corrected chi connectivity index (χ2v) is 3.73. The summed E-state index contributed by atoms with van der Waals surface area (Å²) in [6.07, 6.45) is 2.09. The molecule has 2 heteroatoms. The molecule has 0 saturated heterocycles. The topological polar surface area (TPSA) is 12.9 Å². The van der Waals surface area contributed by atoms with Gasteiger partial charge in [0, 0.05) is 11.1 Å². The van der Waals surface area contributed by atoms with Crippen molar-refractivity contribution in [1.82, 2.24) is 4.98 Å². The van der Waals surface area contributed by atoms with Gasteiger partial charge < -0.3 is 0 Å². The van der Waals surface area contributed by atoms with Gasteiger partial charge in [-0.2, -0.15) is 0 Å². The molecule has 0 amide bonds. The second kappa shape index (κ2) is 3.97. The van der Waals surface area contributed by atoms with E-state index >= 15 is 0 Å². The van der Waals surface area contributed by atoms with Gasteiger partial charge in [0.25, 0.3) is 0 Å². The van der Waals surface area contributed by atoms with E-state index in [1.54, 1.807) is 0 Å². The first-order valence-corrected chi connectivity index (χ1v) is 5.23. The number of hydrogen-bond acceptors (Lipinski definition) is 1. The van der Waals surface area contributed by atoms with Crippen LogP contribution in [-0.4, -0.2) is 4.98 Å². The van der Waals surface area contributed by atoms with Gasteiger partial charge >= 0.3 is 0 Å². The monoisotopic (exact) mass is 205 g/mol. The SMILES string of the molecule is CCCc1cc2ccccc2c(Cl)n1. The molecule has 0 unspecified atom stereocenters. The van der Waals surface area contributed by atoms with Gasteiger partial charge in [-0.15, -0.1) is 0 Å². The molecule has 0 aliphatic heterocycles. The lowest BCUT2D eigenvalue weighted by Crippen LogP contribution is -1.90. The third kappa shape index (κ3) is 1.73. The third-order valence-corrected chi connectivity index (χ3v) is 2.54. The first kappa shape index (κ1) is 9.47. The maximum absolute atomic E-state index is 6.09. The number of nitrogens with zero attached hydrogens (tertiary/aromatic N) is 1. The Morgan fingerprint density at radius 3 is 2.86 bits per heavy atom. The molecule has 0 aliphatic carbocycles. The number of fused-ring (bicyclic) bond motifs is 1. The highest BCUT2D eigenvalue weighted by Gasteiger charge is 2.02. The number of pyridine rings is 1. The van der Waals surface area contributed by atoms with Gasteiger partial charge in [-0.1, -0.05) is 49.2 Å². The highest BCUT2D eigenvalue weighted by Crippen LogP contribution is 2.22. The maximum Gasteiger partial charge on any atom is 0.137 e. The molecule has 0 fully saturated rings. The Kier molecular flexibility index (Phi) is 2.69. The molecule has 2 rings (SSSR count). The van der Waals surface area contributed by atoms with Crippen molar-refractivity contribution in [2.45, 2.75) is 19.8 Å². The molecule has 1 heterocycles. The van der Waals surface area contributed by atoms with Gasteiger partial charge in [-0.05, 0) is 17.9 Å². The molecule has 72 valence electrons. The standard InChI is InChI=1S/C12H12ClN/c1-2-5-10-8-9-6-3-4-7-11(9)12(13)14-10/h3-4,6-8H,2,5H2,1H3. The lowest BCUT2D eigenvalue weighted by molar-refractivity contribution is 0.886. The van der Waals surface area contributed by atoms with E-state index in [9.17, 15) is 0 Å². The summed E-state index contributed by atoms with van der Waals surface area (Å²) in [7, 11) is 0. The van der Waals surface area contributed by atoms with Crippen LogP contribution in [0.25, 0.3) is 10.8 Å². The van der Waals surface area contributed by atoms with E-state index in [1.165, 1.54) is 5.39 Å². The summed E-state index contributed by atoms with van der Waals surface area (Å²) in [5.41, 5.74) is 1.08. The van der Waals surface area contributed by atoms with E-state index in [4.69, 9.17) is 11.6 Å². The number of aromatic nitrogens is 1. The van der Waals surface area contributed by atoms with Crippen LogP contribution in [0, 0.1) is 0 Å². The van der Waals surface area contributed by atoms with E-state index < -0.39 is 0 Å². The van der Waals surface area contributed by atoms with Crippen LogP contribution >= 0.6 is 11.6 Å². The Morgan fingerprint density at radius 2 is 2.07 bits per heavy atom. The maximum atomic E-state index is 6.09. The van der Waals surface area contributed by atoms with Crippen LogP contribution < -0.4 is 0 Å². The third-order valence-electron chi connectivity index (χ3n) is 2.25. The van der Waals surface area contributed by atoms with Gasteiger partial charge in [-0.25, -0.2) is 4.98 Å². The Bertz CT molecular complexity index is 451. The average molecular weight is 206 g/mol. The number of rotatable bonds is 2. The smallest absolute Gasteiger partial charge is 0.137 e. The van der Waals surface area contributed by atoms with E-state index in [-0.39, 0.29) is 0 Å². The summed E-state index contributed by atoms with van der Waals surface area (Å²) in [5, 5.41) is 2.83. The minimum Gasteiger partial charge on any atom is -0.240 e. The van der Waals surface area contributed by atoms with Gasteiger partial charge in [0.2, 0.25) is 0 Å². The van der Waals surface area contributed by atoms with Crippen LogP contribution in [0.2, 0.25) is 5.15 Å². The fourth-order valence-corrected chi connectivity index (χ4v) is 1.87. The van der Waals surface area contributed by atoms with Crippen LogP contribution in [0.1, 0.15) is 19.0 Å². The van der Waals surface area contributed by atoms with Crippen molar-refractivity contribution >= 4 is 22.4 Å². The zero-order chi connectivity index (χ0) is 9.97. The molecule has 1 aromatic heterocycles. The predicted octanol–water partition coefficient (Wildman–Crippen LogP) is 3.84. The van der Waals surface area contributed by atoms with Gasteiger partial charge in [0.1, 0.15) is 5.15 Å². The fraction of sp³-hybridized carbons (Fsp3) is 0.250. The normalized spacial score (nSPS) is 10.7. The Labute approximate surface area is 88.7 Å². The lowest BCUT2D eigenvalue weighted by atomic mass is 10.1. The highest BCUT2D eigenvalue weighted by atomic mass is 35.5. The zero-order valence-corrected chi connectivity index (χ0v) is 8.88. The Morgan fingerprint density at radius 1 is 1.29 bits per heavy atom. The second-order valence-electron chi connectivity index (χ2n) is 3.38. The summed E-state index contributed by atoms with van der Waals surface area (Å²) in [4.78, 5) is 4.36. The molecule has 1 nitrogen and oxygen atoms in total. The number of aryl methyl sites for hydroxylation is 1. The number of halogens is 1. The molecule has 0 bridgehead atoms. The van der Waals surface area contributed by atoms with Crippen molar-refractivity contribution in [3.8, 4) is 0 Å². The van der Waals surface area contributed by atoms with E-state index in [2.05, 4.69) is 24.0 Å². The average Bonchev–Trinajstić information content (AvgIpc) is 2.18. The molecule has 2 aromatic rings. The summed E-state index contributed by atoms with van der Waals surface area (Å²) in [5.74, 6) is 0. The highest BCUT2D eigenvalue weighted by molar-refractivity contribution is 6.34. The largest absolute Gasteiger partial charge is 0.240 e. The first-order chi connectivity index (χ1) is 6.81. The van der Waals surface area contributed by atoms with Crippen LogP contribution in [0.5, 0.6) is 0 Å². The summed E-state index contributed by atoms with van der Waals surface area (Å²) in [6.45, 7) is 2.14. The summed E-state index contributed by atoms with van der Waals surface area (Å²) in [6, 6.07) is 10.2. The van der Waals surface area contributed by atoms with Crippen molar-refractivity contribution in [1.29, 1.82) is 0 Å². The van der Waals surface area contributed by atoms with Crippen LogP contribution in [0.3, 0.4) is 0 Å². The molecule has 0 aliphatic rings. The molecule has 0 saturated carbocycles. The van der Waals surface area contributed by atoms with Gasteiger partial charge in [0.05, 0.1) is 0 Å². The van der Waals surface area contributed by atoms with Crippen molar-refractivity contribution in [3.63, 3.8) is 0 Å². The van der Waals surface area contributed by atoms with Crippen molar-refractivity contribution in [2.24, 2.45) is 0 Å². The minimum absolute atomic E-state index is 0.617. The summed E-state index contributed by atoms with van der Waals surface area (Å²) >= 11 is 6.09. The Hall–Kier alpha value is -1.08. The number of benzene rings is 1. The van der Waals surface area contributed by atoms with Gasteiger partial charge in [0.15, 0.2) is 0 Å². The van der Waals surface area contributed by atoms with Crippen molar-refractivity contribution < 1.29 is 0 Å². The first-order valence-electron chi connectivity index (χ1n) is 4.85. The fourth-order valence-electron chi connectivity index (χ4n) is 1.59. The lowest BCUT2D eigenvalue weighted by Gasteiger charge is -2.03. The van der Waals surface area contributed by atoms with Crippen LogP contribution in [0.4, 0.5) is 0 Å². The quantitative estimate of drug-likeness (QED) is 0.679. The minimum atomic E-state index is 0.617. The number of hydrogen-bond donors (Lipinski definition) is 0. The van der Waals surface area contributed by atoms with Crippen LogP contribution in [0.15, 0.2) is 30.3 Å². The molecule has 0 radical (unpaired) electrons. The summed E-state index contributed by atoms with van der Waals surface area (Å²) < 4.78 is 0.